The second-order valence-corrected chi connectivity index (χ2v) is 5.68. The number of aliphatic hydroxyl groups excluding tert-OH is 3. The van der Waals surface area contributed by atoms with Crippen LogP contribution < -0.4 is 17.2 Å². The van der Waals surface area contributed by atoms with Crippen LogP contribution in [-0.4, -0.2) is 68.5 Å². The Morgan fingerprint density at radius 3 is 2.48 bits per heavy atom. The second kappa shape index (κ2) is 8.32. The van der Waals surface area contributed by atoms with Crippen molar-refractivity contribution in [3.05, 3.63) is 11.0 Å². The zero-order valence-corrected chi connectivity index (χ0v) is 12.6. The molecular weight excluding hydrogens is 302 g/mol. The van der Waals surface area contributed by atoms with Crippen LogP contribution in [0.15, 0.2) is 11.0 Å². The Morgan fingerprint density at radius 1 is 1.48 bits per heavy atom. The summed E-state index contributed by atoms with van der Waals surface area (Å²) < 4.78 is 0. The summed E-state index contributed by atoms with van der Waals surface area (Å²) in [7, 11) is 0. The van der Waals surface area contributed by atoms with Gasteiger partial charge in [-0.3, -0.25) is 4.79 Å². The van der Waals surface area contributed by atoms with Gasteiger partial charge in [-0.25, -0.2) is 4.79 Å². The van der Waals surface area contributed by atoms with Crippen LogP contribution in [-0.2, 0) is 9.59 Å². The quantitative estimate of drug-likeness (QED) is 0.302. The highest BCUT2D eigenvalue weighted by atomic mass is 32.2. The Balaban J connectivity index is 0.00000400. The minimum Gasteiger partial charge on any atom is -0.477 e. The molecule has 1 aliphatic rings. The average Bonchev–Trinajstić information content (AvgIpc) is 2.38. The van der Waals surface area contributed by atoms with Crippen molar-refractivity contribution in [2.45, 2.75) is 36.5 Å². The monoisotopic (exact) mass is 324 g/mol. The van der Waals surface area contributed by atoms with E-state index in [4.69, 9.17) is 15.9 Å². The third-order valence-corrected chi connectivity index (χ3v) is 4.28. The lowest BCUT2D eigenvalue weighted by Gasteiger charge is -2.38. The van der Waals surface area contributed by atoms with Crippen LogP contribution in [0.5, 0.6) is 0 Å². The van der Waals surface area contributed by atoms with Crippen molar-refractivity contribution in [3.63, 3.8) is 0 Å². The Hall–Kier alpha value is -1.17. The number of rotatable bonds is 5. The molecule has 1 aliphatic heterocycles. The molecule has 1 rings (SSSR count). The van der Waals surface area contributed by atoms with Gasteiger partial charge >= 0.3 is 5.97 Å². The number of nitrogens with one attached hydrogen (secondary N) is 1. The number of carboxylic acids is 1. The normalized spacial score (nSPS) is 27.9. The van der Waals surface area contributed by atoms with Gasteiger partial charge in [0.15, 0.2) is 0 Å². The molecule has 0 bridgehead atoms. The van der Waals surface area contributed by atoms with Crippen molar-refractivity contribution < 1.29 is 30.0 Å². The first-order valence-electron chi connectivity index (χ1n) is 5.89. The number of quaternary nitrogens is 1. The van der Waals surface area contributed by atoms with Crippen molar-refractivity contribution >= 4 is 23.6 Å². The molecule has 10 heteroatoms. The number of aliphatic carboxylic acids is 1. The summed E-state index contributed by atoms with van der Waals surface area (Å²) in [4.78, 5) is 22.1. The summed E-state index contributed by atoms with van der Waals surface area (Å²) in [5, 5.41) is 39.0. The van der Waals surface area contributed by atoms with E-state index in [1.807, 2.05) is 0 Å². The summed E-state index contributed by atoms with van der Waals surface area (Å²) in [5.41, 5.74) is 5.80. The van der Waals surface area contributed by atoms with Gasteiger partial charge in [-0.05, 0) is 6.08 Å². The molecule has 1 heterocycles. The minimum atomic E-state index is -1.45. The highest BCUT2D eigenvalue weighted by Crippen LogP contribution is 2.34. The van der Waals surface area contributed by atoms with Gasteiger partial charge in [0.1, 0.15) is 6.10 Å². The van der Waals surface area contributed by atoms with Gasteiger partial charge in [0.2, 0.25) is 5.91 Å². The molecule has 0 fully saturated rings. The molecule has 21 heavy (non-hydrogen) atoms. The number of carbonyl (C=O) groups excluding carboxylic acids is 1. The van der Waals surface area contributed by atoms with Crippen LogP contribution in [0.25, 0.3) is 0 Å². The van der Waals surface area contributed by atoms with Crippen LogP contribution in [0.3, 0.4) is 0 Å². The Labute approximate surface area is 125 Å². The second-order valence-electron chi connectivity index (χ2n) is 4.46. The fourth-order valence-corrected chi connectivity index (χ4v) is 3.25. The molecule has 0 unspecified atom stereocenters. The maximum atomic E-state index is 11.2. The zero-order chi connectivity index (χ0) is 15.4. The molecule has 0 radical (unpaired) electrons. The van der Waals surface area contributed by atoms with E-state index in [-0.39, 0.29) is 11.1 Å². The number of hydrogen-bond donors (Lipinski definition) is 7. The van der Waals surface area contributed by atoms with E-state index in [2.05, 4.69) is 5.32 Å². The van der Waals surface area contributed by atoms with Gasteiger partial charge in [0, 0.05) is 13.0 Å². The Kier molecular flexibility index (Phi) is 7.85. The van der Waals surface area contributed by atoms with E-state index in [0.717, 1.165) is 11.8 Å². The number of aliphatic hydroxyl groups is 3. The molecule has 0 aromatic rings. The molecule has 1 amide bonds. The van der Waals surface area contributed by atoms with Crippen LogP contribution >= 0.6 is 11.8 Å². The molecule has 5 atom stereocenters. The van der Waals surface area contributed by atoms with E-state index in [0.29, 0.717) is 0 Å². The van der Waals surface area contributed by atoms with Crippen LogP contribution in [0, 0.1) is 0 Å². The number of amides is 1. The van der Waals surface area contributed by atoms with Gasteiger partial charge in [0.05, 0.1) is 28.9 Å². The summed E-state index contributed by atoms with van der Waals surface area (Å²) in [6.07, 6.45) is -1.61. The minimum absolute atomic E-state index is 0. The summed E-state index contributed by atoms with van der Waals surface area (Å²) >= 11 is 0.791. The standard InChI is InChI=1S/C11H18N2O6S.H3N/c1-4(15)13-8-5(12)2-7(11(18)19)20-10(8)9(17)6(16)3-14;/h2,5-6,8-10,14,16-17H,3,12H2,1H3,(H,13,15)(H,18,19);1H3/p+1/t5-,6+,8+,9+,10+;/m0./s1. The summed E-state index contributed by atoms with van der Waals surface area (Å²) in [6.45, 7) is 0.575. The van der Waals surface area contributed by atoms with Crippen molar-refractivity contribution in [2.75, 3.05) is 6.61 Å². The van der Waals surface area contributed by atoms with Crippen LogP contribution in [0.1, 0.15) is 6.92 Å². The van der Waals surface area contributed by atoms with Gasteiger partial charge in [-0.1, -0.05) is 0 Å². The first-order chi connectivity index (χ1) is 9.27. The molecule has 9 nitrogen and oxygen atoms in total. The van der Waals surface area contributed by atoms with E-state index in [1.165, 1.54) is 13.0 Å². The number of thioether (sulfide) groups is 1. The molecule has 0 aliphatic carbocycles. The number of hydrogen-bond acceptors (Lipinski definition) is 7. The van der Waals surface area contributed by atoms with Crippen molar-refractivity contribution in [2.24, 2.45) is 5.73 Å². The molecular formula is C11H22N3O6S+. The summed E-state index contributed by atoms with van der Waals surface area (Å²) in [6, 6.07) is -1.58. The lowest BCUT2D eigenvalue weighted by molar-refractivity contribution is -0.131. The highest BCUT2D eigenvalue weighted by molar-refractivity contribution is 8.04. The smallest absolute Gasteiger partial charge is 0.341 e. The van der Waals surface area contributed by atoms with Gasteiger partial charge in [0.25, 0.3) is 0 Å². The van der Waals surface area contributed by atoms with Crippen molar-refractivity contribution in [1.29, 1.82) is 0 Å². The molecule has 0 saturated carbocycles. The molecule has 0 aromatic carbocycles. The number of carbonyl (C=O) groups is 2. The first-order valence-corrected chi connectivity index (χ1v) is 6.77. The molecule has 122 valence electrons. The lowest BCUT2D eigenvalue weighted by Crippen LogP contribution is -2.59. The van der Waals surface area contributed by atoms with Crippen molar-refractivity contribution in [1.82, 2.24) is 11.5 Å². The van der Waals surface area contributed by atoms with Gasteiger partial charge in [-0.15, -0.1) is 11.8 Å². The Morgan fingerprint density at radius 2 is 2.05 bits per heavy atom. The van der Waals surface area contributed by atoms with Crippen LogP contribution in [0.2, 0.25) is 0 Å². The molecule has 11 N–H and O–H groups in total. The third-order valence-electron chi connectivity index (χ3n) is 2.87. The molecule has 0 spiro atoms. The van der Waals surface area contributed by atoms with Crippen LogP contribution in [0.4, 0.5) is 0 Å². The average molecular weight is 324 g/mol. The number of nitrogens with two attached hydrogens (primary N) is 1. The van der Waals surface area contributed by atoms with Gasteiger partial charge < -0.3 is 37.6 Å². The SMILES string of the molecule is CC(=O)N[C@H]1[C@H]([C@H](O)[C@H](O)CO)SC(C(=O)O)=C[C@@H]1N.[NH4+]. The number of carboxylic acid groups (broad SMARTS) is 1. The zero-order valence-electron chi connectivity index (χ0n) is 11.8. The van der Waals surface area contributed by atoms with Crippen molar-refractivity contribution in [3.8, 4) is 0 Å². The fraction of sp³-hybridized carbons (Fsp3) is 0.636. The van der Waals surface area contributed by atoms with E-state index in [1.54, 1.807) is 0 Å². The van der Waals surface area contributed by atoms with E-state index < -0.39 is 48.0 Å². The maximum absolute atomic E-state index is 11.2. The molecule has 0 aromatic heterocycles. The topological polar surface area (TPSA) is 190 Å². The third kappa shape index (κ3) is 4.95. The lowest BCUT2D eigenvalue weighted by atomic mass is 9.97. The highest BCUT2D eigenvalue weighted by Gasteiger charge is 2.41. The first kappa shape index (κ1) is 19.8. The predicted molar refractivity (Wildman–Crippen MR) is 77.8 cm³/mol. The van der Waals surface area contributed by atoms with E-state index >= 15 is 0 Å². The Bertz CT molecular complexity index is 419. The van der Waals surface area contributed by atoms with E-state index in [9.17, 15) is 19.8 Å². The summed E-state index contributed by atoms with van der Waals surface area (Å²) in [5.74, 6) is -1.60. The fourth-order valence-electron chi connectivity index (χ4n) is 1.90. The predicted octanol–water partition coefficient (Wildman–Crippen LogP) is -2.01. The maximum Gasteiger partial charge on any atom is 0.341 e. The largest absolute Gasteiger partial charge is 0.477 e. The van der Waals surface area contributed by atoms with Gasteiger partial charge in [-0.2, -0.15) is 0 Å². The molecule has 0 saturated heterocycles.